The lowest BCUT2D eigenvalue weighted by Crippen LogP contribution is -2.41. The van der Waals surface area contributed by atoms with Crippen LogP contribution in [-0.4, -0.2) is 17.7 Å². The minimum Gasteiger partial charge on any atom is -0.352 e. The van der Waals surface area contributed by atoms with Crippen molar-refractivity contribution < 1.29 is 9.59 Å². The number of nitrogens with zero attached hydrogens (tertiary/aromatic N) is 1. The zero-order chi connectivity index (χ0) is 16.7. The predicted octanol–water partition coefficient (Wildman–Crippen LogP) is 3.51. The molecule has 1 aromatic carbocycles. The Morgan fingerprint density at radius 3 is 2.70 bits per heavy atom. The molecule has 0 aliphatic heterocycles. The van der Waals surface area contributed by atoms with Crippen molar-refractivity contribution in [1.82, 2.24) is 5.32 Å². The number of allylic oxidation sites excluding steroid dienone is 1. The zero-order valence-corrected chi connectivity index (χ0v) is 13.6. The van der Waals surface area contributed by atoms with E-state index >= 15 is 0 Å². The molecule has 1 saturated carbocycles. The number of carbonyl (C=O) groups is 2. The first-order valence-corrected chi connectivity index (χ1v) is 8.15. The van der Waals surface area contributed by atoms with Gasteiger partial charge in [0.2, 0.25) is 5.91 Å². The molecule has 1 N–H and O–H groups in total. The van der Waals surface area contributed by atoms with Crippen LogP contribution in [0.2, 0.25) is 5.02 Å². The summed E-state index contributed by atoms with van der Waals surface area (Å²) in [5.74, 6) is -2.31. The lowest BCUT2D eigenvalue weighted by molar-refractivity contribution is -0.130. The number of amides is 1. The van der Waals surface area contributed by atoms with Gasteiger partial charge in [-0.3, -0.25) is 9.59 Å². The Morgan fingerprint density at radius 2 is 2.04 bits per heavy atom. The molecule has 0 spiro atoms. The number of halogens is 1. The molecule has 1 aromatic rings. The summed E-state index contributed by atoms with van der Waals surface area (Å²) in [6, 6.07) is 8.87. The monoisotopic (exact) mass is 330 g/mol. The third-order valence-corrected chi connectivity index (χ3v) is 4.15. The summed E-state index contributed by atoms with van der Waals surface area (Å²) in [5.41, 5.74) is 0.746. The van der Waals surface area contributed by atoms with E-state index < -0.39 is 17.6 Å². The normalized spacial score (nSPS) is 16.7. The van der Waals surface area contributed by atoms with Gasteiger partial charge in [0, 0.05) is 11.1 Å². The van der Waals surface area contributed by atoms with Crippen molar-refractivity contribution in [2.24, 2.45) is 5.92 Å². The summed E-state index contributed by atoms with van der Waals surface area (Å²) >= 11 is 5.87. The second-order valence-electron chi connectivity index (χ2n) is 5.70. The van der Waals surface area contributed by atoms with Crippen molar-refractivity contribution in [2.45, 2.75) is 38.1 Å². The molecular formula is C18H19ClN2O2. The van der Waals surface area contributed by atoms with E-state index in [2.05, 4.69) is 5.32 Å². The zero-order valence-electron chi connectivity index (χ0n) is 12.8. The van der Waals surface area contributed by atoms with Crippen LogP contribution in [0.25, 0.3) is 6.08 Å². The molecule has 1 amide bonds. The summed E-state index contributed by atoms with van der Waals surface area (Å²) in [5, 5.41) is 12.5. The number of nitriles is 1. The molecule has 0 heterocycles. The molecule has 1 fully saturated rings. The smallest absolute Gasteiger partial charge is 0.245 e. The van der Waals surface area contributed by atoms with Crippen LogP contribution in [0.15, 0.2) is 30.3 Å². The highest BCUT2D eigenvalue weighted by Crippen LogP contribution is 2.18. The van der Waals surface area contributed by atoms with Gasteiger partial charge >= 0.3 is 0 Å². The third-order valence-electron chi connectivity index (χ3n) is 3.92. The number of rotatable bonds is 5. The van der Waals surface area contributed by atoms with Gasteiger partial charge in [0.15, 0.2) is 11.7 Å². The molecule has 0 bridgehead atoms. The number of ketones is 1. The molecule has 0 aromatic heterocycles. The standard InChI is InChI=1S/C18H19ClN2O2/c19-14-6-4-5-13(11-14)9-10-17(22)16(12-20)18(23)21-15-7-2-1-3-8-15/h4-6,9-11,15-16H,1-3,7-8H2,(H,21,23)/b10-9+/t16-/m1/s1. The Labute approximate surface area is 141 Å². The van der Waals surface area contributed by atoms with Crippen molar-refractivity contribution in [1.29, 1.82) is 5.26 Å². The van der Waals surface area contributed by atoms with Crippen LogP contribution in [0.5, 0.6) is 0 Å². The lowest BCUT2D eigenvalue weighted by atomic mass is 9.94. The molecular weight excluding hydrogens is 312 g/mol. The first-order valence-electron chi connectivity index (χ1n) is 7.77. The number of hydrogen-bond acceptors (Lipinski definition) is 3. The van der Waals surface area contributed by atoms with E-state index in [4.69, 9.17) is 16.9 Å². The molecule has 4 nitrogen and oxygen atoms in total. The predicted molar refractivity (Wildman–Crippen MR) is 89.6 cm³/mol. The minimum absolute atomic E-state index is 0.0804. The highest BCUT2D eigenvalue weighted by atomic mass is 35.5. The van der Waals surface area contributed by atoms with E-state index in [1.807, 2.05) is 0 Å². The summed E-state index contributed by atoms with van der Waals surface area (Å²) < 4.78 is 0. The van der Waals surface area contributed by atoms with E-state index in [1.165, 1.54) is 12.5 Å². The van der Waals surface area contributed by atoms with Gasteiger partial charge < -0.3 is 5.32 Å². The minimum atomic E-state index is -1.30. The summed E-state index contributed by atoms with van der Waals surface area (Å²) in [4.78, 5) is 24.3. The van der Waals surface area contributed by atoms with Crippen molar-refractivity contribution in [3.63, 3.8) is 0 Å². The maximum atomic E-state index is 12.1. The fourth-order valence-corrected chi connectivity index (χ4v) is 2.87. The largest absolute Gasteiger partial charge is 0.352 e. The number of carbonyl (C=O) groups excluding carboxylic acids is 2. The fourth-order valence-electron chi connectivity index (χ4n) is 2.67. The second-order valence-corrected chi connectivity index (χ2v) is 6.13. The lowest BCUT2D eigenvalue weighted by Gasteiger charge is -2.23. The number of benzene rings is 1. The maximum absolute atomic E-state index is 12.1. The summed E-state index contributed by atoms with van der Waals surface area (Å²) in [6.07, 6.45) is 7.98. The first-order chi connectivity index (χ1) is 11.1. The van der Waals surface area contributed by atoms with E-state index in [-0.39, 0.29) is 6.04 Å². The molecule has 2 rings (SSSR count). The summed E-state index contributed by atoms with van der Waals surface area (Å²) in [6.45, 7) is 0. The highest BCUT2D eigenvalue weighted by Gasteiger charge is 2.27. The fraction of sp³-hybridized carbons (Fsp3) is 0.389. The molecule has 0 saturated heterocycles. The van der Waals surface area contributed by atoms with E-state index in [0.717, 1.165) is 31.2 Å². The molecule has 1 aliphatic rings. The number of nitrogens with one attached hydrogen (secondary N) is 1. The molecule has 23 heavy (non-hydrogen) atoms. The van der Waals surface area contributed by atoms with Gasteiger partial charge in [0.05, 0.1) is 6.07 Å². The van der Waals surface area contributed by atoms with Crippen molar-refractivity contribution >= 4 is 29.4 Å². The van der Waals surface area contributed by atoms with Crippen LogP contribution in [0.1, 0.15) is 37.7 Å². The van der Waals surface area contributed by atoms with Gasteiger partial charge in [-0.15, -0.1) is 0 Å². The maximum Gasteiger partial charge on any atom is 0.245 e. The average molecular weight is 331 g/mol. The van der Waals surface area contributed by atoms with Gasteiger partial charge in [0.25, 0.3) is 0 Å². The first kappa shape index (κ1) is 17.2. The Hall–Kier alpha value is -2.12. The van der Waals surface area contributed by atoms with E-state index in [9.17, 15) is 9.59 Å². The highest BCUT2D eigenvalue weighted by molar-refractivity contribution is 6.30. The van der Waals surface area contributed by atoms with Gasteiger partial charge in [0.1, 0.15) is 0 Å². The topological polar surface area (TPSA) is 70.0 Å². The molecule has 1 aliphatic carbocycles. The Kier molecular flexibility index (Phi) is 6.37. The number of hydrogen-bond donors (Lipinski definition) is 1. The molecule has 1 atom stereocenters. The van der Waals surface area contributed by atoms with Crippen LogP contribution in [0, 0.1) is 17.2 Å². The quantitative estimate of drug-likeness (QED) is 0.663. The second kappa shape index (κ2) is 8.50. The van der Waals surface area contributed by atoms with Gasteiger partial charge in [-0.05, 0) is 36.6 Å². The van der Waals surface area contributed by atoms with Gasteiger partial charge in [-0.2, -0.15) is 5.26 Å². The van der Waals surface area contributed by atoms with Crippen LogP contribution in [0.4, 0.5) is 0 Å². The van der Waals surface area contributed by atoms with E-state index in [1.54, 1.807) is 36.4 Å². The molecule has 120 valence electrons. The van der Waals surface area contributed by atoms with E-state index in [0.29, 0.717) is 5.02 Å². The average Bonchev–Trinajstić information content (AvgIpc) is 2.54. The van der Waals surface area contributed by atoms with Crippen molar-refractivity contribution in [3.05, 3.63) is 40.9 Å². The van der Waals surface area contributed by atoms with Crippen molar-refractivity contribution in [2.75, 3.05) is 0 Å². The van der Waals surface area contributed by atoms with Crippen LogP contribution >= 0.6 is 11.6 Å². The Bertz CT molecular complexity index is 643. The SMILES string of the molecule is N#C[C@H](C(=O)/C=C/c1cccc(Cl)c1)C(=O)NC1CCCCC1. The molecule has 0 unspecified atom stereocenters. The molecule has 5 heteroatoms. The van der Waals surface area contributed by atoms with Crippen LogP contribution in [-0.2, 0) is 9.59 Å². The van der Waals surface area contributed by atoms with Crippen LogP contribution < -0.4 is 5.32 Å². The van der Waals surface area contributed by atoms with Crippen LogP contribution in [0.3, 0.4) is 0 Å². The van der Waals surface area contributed by atoms with Crippen molar-refractivity contribution in [3.8, 4) is 6.07 Å². The molecule has 0 radical (unpaired) electrons. The van der Waals surface area contributed by atoms with Gasteiger partial charge in [-0.25, -0.2) is 0 Å². The van der Waals surface area contributed by atoms with Gasteiger partial charge in [-0.1, -0.05) is 49.1 Å². The Balaban J connectivity index is 1.97. The summed E-state index contributed by atoms with van der Waals surface area (Å²) in [7, 11) is 0. The third kappa shape index (κ3) is 5.22. The Morgan fingerprint density at radius 1 is 1.30 bits per heavy atom.